The van der Waals surface area contributed by atoms with Crippen molar-refractivity contribution in [1.82, 2.24) is 5.32 Å². The molecule has 3 aromatic rings. The zero-order valence-corrected chi connectivity index (χ0v) is 17.4. The molecule has 0 saturated heterocycles. The quantitative estimate of drug-likeness (QED) is 0.553. The van der Waals surface area contributed by atoms with Crippen LogP contribution >= 0.6 is 0 Å². The van der Waals surface area contributed by atoms with Crippen LogP contribution in [0.1, 0.15) is 0 Å². The Morgan fingerprint density at radius 3 is 2.23 bits per heavy atom. The summed E-state index contributed by atoms with van der Waals surface area (Å²) in [6.45, 7) is -0.331. The van der Waals surface area contributed by atoms with Gasteiger partial charge in [0.2, 0.25) is 5.91 Å². The van der Waals surface area contributed by atoms with Gasteiger partial charge >= 0.3 is 0 Å². The summed E-state index contributed by atoms with van der Waals surface area (Å²) >= 11 is 0. The SMILES string of the molecule is COc1ccc(-c2cc(NC(=O)CNC(=O)COc3ccccc3)ccc2OC)cc1. The third kappa shape index (κ3) is 6.24. The second kappa shape index (κ2) is 10.7. The van der Waals surface area contributed by atoms with E-state index in [4.69, 9.17) is 14.2 Å². The summed E-state index contributed by atoms with van der Waals surface area (Å²) in [5.41, 5.74) is 2.33. The van der Waals surface area contributed by atoms with Crippen molar-refractivity contribution >= 4 is 17.5 Å². The largest absolute Gasteiger partial charge is 0.497 e. The normalized spacial score (nSPS) is 10.1. The maximum atomic E-state index is 12.3. The van der Waals surface area contributed by atoms with E-state index in [0.29, 0.717) is 17.2 Å². The number of carbonyl (C=O) groups is 2. The number of methoxy groups -OCH3 is 2. The van der Waals surface area contributed by atoms with Crippen LogP contribution in [0.2, 0.25) is 0 Å². The highest BCUT2D eigenvalue weighted by Gasteiger charge is 2.11. The maximum Gasteiger partial charge on any atom is 0.258 e. The number of hydrogen-bond acceptors (Lipinski definition) is 5. The van der Waals surface area contributed by atoms with E-state index in [-0.39, 0.29) is 25.0 Å². The van der Waals surface area contributed by atoms with E-state index in [1.807, 2.05) is 48.5 Å². The van der Waals surface area contributed by atoms with Gasteiger partial charge in [0.25, 0.3) is 5.91 Å². The highest BCUT2D eigenvalue weighted by molar-refractivity contribution is 5.95. The molecular formula is C24H24N2O5. The number of carbonyl (C=O) groups excluding carboxylic acids is 2. The molecule has 0 aliphatic heterocycles. The van der Waals surface area contributed by atoms with Crippen molar-refractivity contribution in [2.24, 2.45) is 0 Å². The second-order valence-electron chi connectivity index (χ2n) is 6.57. The van der Waals surface area contributed by atoms with Crippen LogP contribution in [-0.2, 0) is 9.59 Å². The van der Waals surface area contributed by atoms with Crippen molar-refractivity contribution in [3.8, 4) is 28.4 Å². The first-order chi connectivity index (χ1) is 15.1. The Labute approximate surface area is 180 Å². The lowest BCUT2D eigenvalue weighted by Crippen LogP contribution is -2.35. The predicted molar refractivity (Wildman–Crippen MR) is 119 cm³/mol. The van der Waals surface area contributed by atoms with Crippen LogP contribution in [0.15, 0.2) is 72.8 Å². The molecule has 31 heavy (non-hydrogen) atoms. The minimum Gasteiger partial charge on any atom is -0.497 e. The molecule has 160 valence electrons. The number of ether oxygens (including phenoxy) is 3. The monoisotopic (exact) mass is 420 g/mol. The van der Waals surface area contributed by atoms with Gasteiger partial charge in [-0.25, -0.2) is 0 Å². The van der Waals surface area contributed by atoms with E-state index in [2.05, 4.69) is 10.6 Å². The van der Waals surface area contributed by atoms with Gasteiger partial charge in [0.15, 0.2) is 6.61 Å². The fraction of sp³-hybridized carbons (Fsp3) is 0.167. The number of nitrogens with one attached hydrogen (secondary N) is 2. The molecule has 0 atom stereocenters. The first kappa shape index (κ1) is 21.7. The second-order valence-corrected chi connectivity index (χ2v) is 6.57. The summed E-state index contributed by atoms with van der Waals surface area (Å²) < 4.78 is 16.0. The summed E-state index contributed by atoms with van der Waals surface area (Å²) in [6.07, 6.45) is 0. The van der Waals surface area contributed by atoms with Crippen LogP contribution in [0.5, 0.6) is 17.2 Å². The van der Waals surface area contributed by atoms with E-state index in [1.54, 1.807) is 38.5 Å². The van der Waals surface area contributed by atoms with Gasteiger partial charge in [-0.15, -0.1) is 0 Å². The van der Waals surface area contributed by atoms with Crippen LogP contribution in [0.3, 0.4) is 0 Å². The van der Waals surface area contributed by atoms with Crippen LogP contribution in [-0.4, -0.2) is 39.2 Å². The molecule has 0 bridgehead atoms. The first-order valence-corrected chi connectivity index (χ1v) is 9.66. The average molecular weight is 420 g/mol. The Hall–Kier alpha value is -4.00. The Balaban J connectivity index is 1.57. The molecule has 0 heterocycles. The van der Waals surface area contributed by atoms with Gasteiger partial charge in [0.05, 0.1) is 20.8 Å². The maximum absolute atomic E-state index is 12.3. The molecule has 0 aliphatic rings. The molecule has 0 radical (unpaired) electrons. The zero-order valence-electron chi connectivity index (χ0n) is 17.4. The number of hydrogen-bond donors (Lipinski definition) is 2. The lowest BCUT2D eigenvalue weighted by atomic mass is 10.0. The van der Waals surface area contributed by atoms with Crippen LogP contribution < -0.4 is 24.8 Å². The zero-order chi connectivity index (χ0) is 22.1. The summed E-state index contributed by atoms with van der Waals surface area (Å²) in [5, 5.41) is 5.32. The van der Waals surface area contributed by atoms with Gasteiger partial charge in [0.1, 0.15) is 17.2 Å². The fourth-order valence-electron chi connectivity index (χ4n) is 2.88. The van der Waals surface area contributed by atoms with Gasteiger partial charge in [0, 0.05) is 11.3 Å². The summed E-state index contributed by atoms with van der Waals surface area (Å²) in [5.74, 6) is 1.28. The number of amides is 2. The van der Waals surface area contributed by atoms with Crippen molar-refractivity contribution in [3.05, 3.63) is 72.8 Å². The Morgan fingerprint density at radius 1 is 0.806 bits per heavy atom. The lowest BCUT2D eigenvalue weighted by Gasteiger charge is -2.13. The Morgan fingerprint density at radius 2 is 1.55 bits per heavy atom. The third-order valence-electron chi connectivity index (χ3n) is 4.44. The van der Waals surface area contributed by atoms with E-state index >= 15 is 0 Å². The molecule has 0 saturated carbocycles. The minimum absolute atomic E-state index is 0.165. The van der Waals surface area contributed by atoms with Crippen molar-refractivity contribution in [2.75, 3.05) is 32.7 Å². The number of rotatable bonds is 9. The Kier molecular flexibility index (Phi) is 7.48. The summed E-state index contributed by atoms with van der Waals surface area (Å²) in [6, 6.07) is 21.9. The average Bonchev–Trinajstić information content (AvgIpc) is 2.82. The number of para-hydroxylation sites is 1. The van der Waals surface area contributed by atoms with Crippen LogP contribution in [0, 0.1) is 0 Å². The molecule has 2 amide bonds. The molecule has 0 fully saturated rings. The van der Waals surface area contributed by atoms with Crippen molar-refractivity contribution in [3.63, 3.8) is 0 Å². The summed E-state index contributed by atoms with van der Waals surface area (Å²) in [4.78, 5) is 24.2. The van der Waals surface area contributed by atoms with E-state index in [9.17, 15) is 9.59 Å². The highest BCUT2D eigenvalue weighted by atomic mass is 16.5. The molecular weight excluding hydrogens is 396 g/mol. The molecule has 3 aromatic carbocycles. The van der Waals surface area contributed by atoms with E-state index in [1.165, 1.54) is 0 Å². The smallest absolute Gasteiger partial charge is 0.258 e. The number of benzene rings is 3. The van der Waals surface area contributed by atoms with E-state index in [0.717, 1.165) is 16.9 Å². The molecule has 0 spiro atoms. The first-order valence-electron chi connectivity index (χ1n) is 9.66. The molecule has 7 nitrogen and oxygen atoms in total. The van der Waals surface area contributed by atoms with Crippen molar-refractivity contribution in [2.45, 2.75) is 0 Å². The summed E-state index contributed by atoms with van der Waals surface area (Å²) in [7, 11) is 3.20. The van der Waals surface area contributed by atoms with Crippen LogP contribution in [0.25, 0.3) is 11.1 Å². The Bertz CT molecular complexity index is 1020. The standard InChI is InChI=1S/C24H24N2O5/c1-29-19-11-8-17(9-12-19)21-14-18(10-13-22(21)30-2)26-23(27)15-25-24(28)16-31-20-6-4-3-5-7-20/h3-14H,15-16H2,1-2H3,(H,25,28)(H,26,27). The number of anilines is 1. The molecule has 7 heteroatoms. The van der Waals surface area contributed by atoms with Gasteiger partial charge in [-0.05, 0) is 48.0 Å². The fourth-order valence-corrected chi connectivity index (χ4v) is 2.88. The van der Waals surface area contributed by atoms with E-state index < -0.39 is 0 Å². The highest BCUT2D eigenvalue weighted by Crippen LogP contribution is 2.33. The van der Waals surface area contributed by atoms with Crippen molar-refractivity contribution < 1.29 is 23.8 Å². The topological polar surface area (TPSA) is 85.9 Å². The molecule has 0 aromatic heterocycles. The molecule has 3 rings (SSSR count). The van der Waals surface area contributed by atoms with Gasteiger partial charge in [-0.2, -0.15) is 0 Å². The molecule has 2 N–H and O–H groups in total. The predicted octanol–water partition coefficient (Wildman–Crippen LogP) is 3.50. The molecule has 0 aliphatic carbocycles. The lowest BCUT2D eigenvalue weighted by molar-refractivity contribution is -0.125. The van der Waals surface area contributed by atoms with Gasteiger partial charge < -0.3 is 24.8 Å². The van der Waals surface area contributed by atoms with Gasteiger partial charge in [-0.1, -0.05) is 30.3 Å². The minimum atomic E-state index is -0.382. The third-order valence-corrected chi connectivity index (χ3v) is 4.44. The van der Waals surface area contributed by atoms with Crippen molar-refractivity contribution in [1.29, 1.82) is 0 Å². The molecule has 0 unspecified atom stereocenters. The van der Waals surface area contributed by atoms with Gasteiger partial charge in [-0.3, -0.25) is 9.59 Å². The van der Waals surface area contributed by atoms with Crippen LogP contribution in [0.4, 0.5) is 5.69 Å².